The zero-order valence-electron chi connectivity index (χ0n) is 12.0. The normalized spacial score (nSPS) is 11.0. The maximum atomic E-state index is 12.5. The lowest BCUT2D eigenvalue weighted by Gasteiger charge is -2.10. The minimum atomic E-state index is -2.41. The van der Waals surface area contributed by atoms with Crippen molar-refractivity contribution in [3.63, 3.8) is 0 Å². The maximum Gasteiger partial charge on any atom is 0.263 e. The van der Waals surface area contributed by atoms with Gasteiger partial charge in [-0.25, -0.2) is 8.78 Å². The van der Waals surface area contributed by atoms with Crippen LogP contribution in [0.25, 0.3) is 0 Å². The van der Waals surface area contributed by atoms with Crippen molar-refractivity contribution in [2.24, 2.45) is 0 Å². The van der Waals surface area contributed by atoms with Crippen molar-refractivity contribution < 1.29 is 13.5 Å². The number of hydrogen-bond acceptors (Lipinski definition) is 2. The van der Waals surface area contributed by atoms with Crippen molar-refractivity contribution in [1.82, 2.24) is 5.32 Å². The van der Waals surface area contributed by atoms with Gasteiger partial charge >= 0.3 is 0 Å². The SMILES string of the molecule is COCc1ccccc1CNCc1ccc(C(F)F)cc1. The number of nitrogens with one attached hydrogen (secondary N) is 1. The average molecular weight is 291 g/mol. The van der Waals surface area contributed by atoms with E-state index in [0.717, 1.165) is 17.7 Å². The van der Waals surface area contributed by atoms with E-state index in [-0.39, 0.29) is 5.56 Å². The van der Waals surface area contributed by atoms with E-state index in [4.69, 9.17) is 4.74 Å². The molecule has 0 amide bonds. The third kappa shape index (κ3) is 4.62. The Bertz CT molecular complexity index is 555. The van der Waals surface area contributed by atoms with Crippen molar-refractivity contribution in [2.75, 3.05) is 7.11 Å². The standard InChI is InChI=1S/C17H19F2NO/c1-21-12-16-5-3-2-4-15(16)11-20-10-13-6-8-14(9-7-13)17(18)19/h2-9,17,20H,10-12H2,1H3. The quantitative estimate of drug-likeness (QED) is 0.830. The highest BCUT2D eigenvalue weighted by Gasteiger charge is 2.06. The van der Waals surface area contributed by atoms with E-state index in [1.54, 1.807) is 19.2 Å². The van der Waals surface area contributed by atoms with Crippen LogP contribution in [0.3, 0.4) is 0 Å². The van der Waals surface area contributed by atoms with Gasteiger partial charge in [0.15, 0.2) is 0 Å². The van der Waals surface area contributed by atoms with Crippen LogP contribution in [-0.2, 0) is 24.4 Å². The Morgan fingerprint density at radius 3 is 2.24 bits per heavy atom. The van der Waals surface area contributed by atoms with Gasteiger partial charge < -0.3 is 10.1 Å². The van der Waals surface area contributed by atoms with Crippen LogP contribution >= 0.6 is 0 Å². The van der Waals surface area contributed by atoms with Crippen molar-refractivity contribution in [1.29, 1.82) is 0 Å². The summed E-state index contributed by atoms with van der Waals surface area (Å²) in [6.07, 6.45) is -2.41. The molecule has 1 N–H and O–H groups in total. The molecule has 0 saturated heterocycles. The van der Waals surface area contributed by atoms with Gasteiger partial charge in [0, 0.05) is 25.8 Å². The highest BCUT2D eigenvalue weighted by molar-refractivity contribution is 5.27. The molecular formula is C17H19F2NO. The summed E-state index contributed by atoms with van der Waals surface area (Å²) in [5.41, 5.74) is 3.39. The molecule has 0 atom stereocenters. The fourth-order valence-corrected chi connectivity index (χ4v) is 2.15. The van der Waals surface area contributed by atoms with E-state index in [2.05, 4.69) is 11.4 Å². The first-order valence-corrected chi connectivity index (χ1v) is 6.84. The van der Waals surface area contributed by atoms with E-state index in [9.17, 15) is 8.78 Å². The molecule has 2 rings (SSSR count). The van der Waals surface area contributed by atoms with E-state index in [1.165, 1.54) is 17.7 Å². The Kier molecular flexibility index (Phi) is 5.84. The molecule has 2 nitrogen and oxygen atoms in total. The zero-order valence-corrected chi connectivity index (χ0v) is 12.0. The lowest BCUT2D eigenvalue weighted by molar-refractivity contribution is 0.151. The number of rotatable bonds is 7. The summed E-state index contributed by atoms with van der Waals surface area (Å²) in [6, 6.07) is 14.5. The van der Waals surface area contributed by atoms with Gasteiger partial charge in [-0.05, 0) is 16.7 Å². The molecule has 2 aromatic rings. The van der Waals surface area contributed by atoms with Crippen LogP contribution in [0.4, 0.5) is 8.78 Å². The molecule has 0 spiro atoms. The molecule has 0 aliphatic carbocycles. The maximum absolute atomic E-state index is 12.5. The predicted octanol–water partition coefficient (Wildman–Crippen LogP) is 4.06. The third-order valence-corrected chi connectivity index (χ3v) is 3.29. The van der Waals surface area contributed by atoms with Gasteiger partial charge in [0.05, 0.1) is 6.61 Å². The number of methoxy groups -OCH3 is 1. The number of halogens is 2. The van der Waals surface area contributed by atoms with Crippen LogP contribution in [0.15, 0.2) is 48.5 Å². The van der Waals surface area contributed by atoms with Gasteiger partial charge in [-0.1, -0.05) is 48.5 Å². The van der Waals surface area contributed by atoms with Crippen molar-refractivity contribution in [3.8, 4) is 0 Å². The second-order valence-corrected chi connectivity index (χ2v) is 4.85. The number of benzene rings is 2. The molecule has 0 heterocycles. The monoisotopic (exact) mass is 291 g/mol. The predicted molar refractivity (Wildman–Crippen MR) is 79.1 cm³/mol. The molecule has 0 aromatic heterocycles. The Morgan fingerprint density at radius 2 is 1.62 bits per heavy atom. The van der Waals surface area contributed by atoms with Crippen LogP contribution in [0.5, 0.6) is 0 Å². The summed E-state index contributed by atoms with van der Waals surface area (Å²) in [4.78, 5) is 0. The molecule has 0 unspecified atom stereocenters. The zero-order chi connectivity index (χ0) is 15.1. The molecule has 0 fully saturated rings. The van der Waals surface area contributed by atoms with Gasteiger partial charge in [0.1, 0.15) is 0 Å². The highest BCUT2D eigenvalue weighted by Crippen LogP contribution is 2.18. The first kappa shape index (κ1) is 15.6. The third-order valence-electron chi connectivity index (χ3n) is 3.29. The first-order valence-electron chi connectivity index (χ1n) is 6.84. The van der Waals surface area contributed by atoms with E-state index >= 15 is 0 Å². The first-order chi connectivity index (χ1) is 10.2. The van der Waals surface area contributed by atoms with Crippen molar-refractivity contribution >= 4 is 0 Å². The summed E-state index contributed by atoms with van der Waals surface area (Å²) in [5.74, 6) is 0. The largest absolute Gasteiger partial charge is 0.380 e. The molecule has 4 heteroatoms. The number of ether oxygens (including phenoxy) is 1. The topological polar surface area (TPSA) is 21.3 Å². The number of alkyl halides is 2. The Balaban J connectivity index is 1.89. The van der Waals surface area contributed by atoms with Crippen LogP contribution in [0.1, 0.15) is 28.7 Å². The highest BCUT2D eigenvalue weighted by atomic mass is 19.3. The Hall–Kier alpha value is -1.78. The van der Waals surface area contributed by atoms with Crippen LogP contribution in [0, 0.1) is 0 Å². The van der Waals surface area contributed by atoms with Crippen molar-refractivity contribution in [2.45, 2.75) is 26.1 Å². The second kappa shape index (κ2) is 7.86. The second-order valence-electron chi connectivity index (χ2n) is 4.85. The average Bonchev–Trinajstić information content (AvgIpc) is 2.50. The molecule has 112 valence electrons. The molecule has 0 saturated carbocycles. The van der Waals surface area contributed by atoms with Gasteiger partial charge in [0.25, 0.3) is 6.43 Å². The summed E-state index contributed by atoms with van der Waals surface area (Å²) < 4.78 is 30.1. The smallest absolute Gasteiger partial charge is 0.263 e. The lowest BCUT2D eigenvalue weighted by atomic mass is 10.1. The summed E-state index contributed by atoms with van der Waals surface area (Å²) in [6.45, 7) is 1.95. The van der Waals surface area contributed by atoms with Gasteiger partial charge in [-0.2, -0.15) is 0 Å². The molecule has 0 radical (unpaired) electrons. The Morgan fingerprint density at radius 1 is 0.952 bits per heavy atom. The summed E-state index contributed by atoms with van der Waals surface area (Å²) in [7, 11) is 1.68. The fraction of sp³-hybridized carbons (Fsp3) is 0.294. The van der Waals surface area contributed by atoms with Gasteiger partial charge in [0.2, 0.25) is 0 Å². The molecule has 0 aliphatic heterocycles. The molecule has 0 aliphatic rings. The van der Waals surface area contributed by atoms with Gasteiger partial charge in [-0.3, -0.25) is 0 Å². The minimum absolute atomic E-state index is 0.0594. The van der Waals surface area contributed by atoms with Gasteiger partial charge in [-0.15, -0.1) is 0 Å². The van der Waals surface area contributed by atoms with Crippen LogP contribution in [0.2, 0.25) is 0 Å². The summed E-state index contributed by atoms with van der Waals surface area (Å²) >= 11 is 0. The number of hydrogen-bond donors (Lipinski definition) is 1. The lowest BCUT2D eigenvalue weighted by Crippen LogP contribution is -2.14. The summed E-state index contributed by atoms with van der Waals surface area (Å²) in [5, 5.41) is 3.32. The molecular weight excluding hydrogens is 272 g/mol. The Labute approximate surface area is 123 Å². The molecule has 2 aromatic carbocycles. The van der Waals surface area contributed by atoms with Crippen LogP contribution in [-0.4, -0.2) is 7.11 Å². The van der Waals surface area contributed by atoms with E-state index < -0.39 is 6.43 Å². The molecule has 21 heavy (non-hydrogen) atoms. The van der Waals surface area contributed by atoms with Crippen molar-refractivity contribution in [3.05, 3.63) is 70.8 Å². The van der Waals surface area contributed by atoms with Crippen LogP contribution < -0.4 is 5.32 Å². The minimum Gasteiger partial charge on any atom is -0.380 e. The fourth-order valence-electron chi connectivity index (χ4n) is 2.15. The van der Waals surface area contributed by atoms with E-state index in [0.29, 0.717) is 13.2 Å². The van der Waals surface area contributed by atoms with E-state index in [1.807, 2.05) is 18.2 Å². The molecule has 0 bridgehead atoms.